The highest BCUT2D eigenvalue weighted by Crippen LogP contribution is 2.41. The van der Waals surface area contributed by atoms with Crippen LogP contribution in [0.25, 0.3) is 77.2 Å². The first-order valence-corrected chi connectivity index (χ1v) is 16.3. The van der Waals surface area contributed by atoms with Crippen molar-refractivity contribution in [3.63, 3.8) is 0 Å². The predicted octanol–water partition coefficient (Wildman–Crippen LogP) is 10.8. The fraction of sp³-hybridized carbons (Fsp3) is 0. The Balaban J connectivity index is 1.30. The zero-order valence-electron chi connectivity index (χ0n) is 26.7. The molecule has 0 saturated carbocycles. The summed E-state index contributed by atoms with van der Waals surface area (Å²) in [7, 11) is 0. The van der Waals surface area contributed by atoms with E-state index in [1.54, 1.807) is 0 Å². The second-order valence-corrected chi connectivity index (χ2v) is 12.3. The molecule has 0 amide bonds. The molecular weight excluding hydrogens is 611 g/mol. The smallest absolute Gasteiger partial charge is 0.0992 e. The minimum atomic E-state index is 0.550. The summed E-state index contributed by atoms with van der Waals surface area (Å²) in [6.07, 6.45) is 0. The van der Waals surface area contributed by atoms with Crippen molar-refractivity contribution in [2.45, 2.75) is 0 Å². The molecule has 0 N–H and O–H groups in total. The van der Waals surface area contributed by atoms with Gasteiger partial charge in [-0.1, -0.05) is 78.9 Å². The molecule has 0 bridgehead atoms. The Morgan fingerprint density at radius 2 is 0.960 bits per heavy atom. The minimum absolute atomic E-state index is 0.550. The summed E-state index contributed by atoms with van der Waals surface area (Å²) >= 11 is 0. The van der Waals surface area contributed by atoms with Crippen molar-refractivity contribution in [2.24, 2.45) is 0 Å². The molecule has 0 aliphatic heterocycles. The molecule has 2 heterocycles. The predicted molar refractivity (Wildman–Crippen MR) is 200 cm³/mol. The number of hydrogen-bond donors (Lipinski definition) is 0. The quantitative estimate of drug-likeness (QED) is 0.193. The van der Waals surface area contributed by atoms with E-state index < -0.39 is 0 Å². The Kier molecular flexibility index (Phi) is 6.56. The van der Waals surface area contributed by atoms with Crippen LogP contribution in [0.1, 0.15) is 16.7 Å². The van der Waals surface area contributed by atoms with Gasteiger partial charge in [0.15, 0.2) is 0 Å². The number of benzene rings is 7. The first-order valence-electron chi connectivity index (χ1n) is 16.3. The van der Waals surface area contributed by atoms with E-state index in [4.69, 9.17) is 0 Å². The molecule has 7 aromatic carbocycles. The highest BCUT2D eigenvalue weighted by atomic mass is 15.0. The van der Waals surface area contributed by atoms with Gasteiger partial charge < -0.3 is 9.13 Å². The van der Waals surface area contributed by atoms with Crippen molar-refractivity contribution < 1.29 is 0 Å². The SMILES string of the molecule is N#Cc1ccc(-c2cccc(-n3c4ccccc4c4ccccc43)c2)c(-c2ccccc2-n2c3ccc(C#N)cc3c3ccc(C#N)cc32)c1. The summed E-state index contributed by atoms with van der Waals surface area (Å²) in [5.41, 5.74) is 11.6. The second kappa shape index (κ2) is 11.4. The minimum Gasteiger partial charge on any atom is -0.309 e. The number of aromatic nitrogens is 2. The van der Waals surface area contributed by atoms with Gasteiger partial charge in [-0.15, -0.1) is 0 Å². The maximum absolute atomic E-state index is 10.1. The third kappa shape index (κ3) is 4.38. The summed E-state index contributed by atoms with van der Waals surface area (Å²) in [6.45, 7) is 0. The van der Waals surface area contributed by atoms with E-state index in [9.17, 15) is 15.8 Å². The van der Waals surface area contributed by atoms with Crippen molar-refractivity contribution >= 4 is 43.6 Å². The van der Waals surface area contributed by atoms with Crippen LogP contribution >= 0.6 is 0 Å². The topological polar surface area (TPSA) is 81.2 Å². The Hall–Kier alpha value is -7.39. The van der Waals surface area contributed by atoms with Crippen molar-refractivity contribution in [2.75, 3.05) is 0 Å². The molecule has 50 heavy (non-hydrogen) atoms. The zero-order chi connectivity index (χ0) is 33.8. The maximum atomic E-state index is 10.1. The zero-order valence-corrected chi connectivity index (χ0v) is 26.7. The summed E-state index contributed by atoms with van der Waals surface area (Å²) in [5.74, 6) is 0. The summed E-state index contributed by atoms with van der Waals surface area (Å²) < 4.78 is 4.48. The van der Waals surface area contributed by atoms with E-state index in [1.165, 1.54) is 10.8 Å². The van der Waals surface area contributed by atoms with Crippen molar-refractivity contribution in [3.8, 4) is 51.8 Å². The average molecular weight is 636 g/mol. The van der Waals surface area contributed by atoms with Gasteiger partial charge in [0, 0.05) is 32.8 Å². The van der Waals surface area contributed by atoms with Gasteiger partial charge in [0.25, 0.3) is 0 Å². The van der Waals surface area contributed by atoms with Gasteiger partial charge in [0.05, 0.1) is 62.7 Å². The highest BCUT2D eigenvalue weighted by molar-refractivity contribution is 6.11. The van der Waals surface area contributed by atoms with Crippen LogP contribution in [0.3, 0.4) is 0 Å². The lowest BCUT2D eigenvalue weighted by molar-refractivity contribution is 1.18. The fourth-order valence-corrected chi connectivity index (χ4v) is 7.42. The lowest BCUT2D eigenvalue weighted by Gasteiger charge is -2.18. The lowest BCUT2D eigenvalue weighted by Crippen LogP contribution is -1.99. The molecule has 0 unspecified atom stereocenters. The van der Waals surface area contributed by atoms with E-state index in [0.29, 0.717) is 16.7 Å². The van der Waals surface area contributed by atoms with E-state index in [2.05, 4.69) is 112 Å². The first-order chi connectivity index (χ1) is 24.7. The van der Waals surface area contributed by atoms with Gasteiger partial charge in [-0.2, -0.15) is 15.8 Å². The second-order valence-electron chi connectivity index (χ2n) is 12.3. The van der Waals surface area contributed by atoms with Gasteiger partial charge in [-0.25, -0.2) is 0 Å². The van der Waals surface area contributed by atoms with Crippen LogP contribution in [-0.2, 0) is 0 Å². The standard InChI is InChI=1S/C45H25N5/c46-26-29-16-19-34(32-8-7-9-33(25-32)49-41-13-4-1-10-35(41)36-11-2-5-14-42(36)49)39(22-29)37-12-3-6-15-43(37)50-44-21-18-30(27-47)23-40(44)38-20-17-31(28-48)24-45(38)50/h1-25H. The summed E-state index contributed by atoms with van der Waals surface area (Å²) in [4.78, 5) is 0. The van der Waals surface area contributed by atoms with E-state index in [0.717, 1.165) is 66.5 Å². The third-order valence-electron chi connectivity index (χ3n) is 9.60. The van der Waals surface area contributed by atoms with Crippen LogP contribution in [-0.4, -0.2) is 9.13 Å². The van der Waals surface area contributed by atoms with Crippen LogP contribution < -0.4 is 0 Å². The van der Waals surface area contributed by atoms with Gasteiger partial charge in [0.2, 0.25) is 0 Å². The molecule has 0 saturated heterocycles. The van der Waals surface area contributed by atoms with Gasteiger partial charge in [0.1, 0.15) is 0 Å². The Bertz CT molecular complexity index is 2920. The molecule has 230 valence electrons. The molecular formula is C45H25N5. The van der Waals surface area contributed by atoms with Crippen LogP contribution in [0.5, 0.6) is 0 Å². The van der Waals surface area contributed by atoms with Crippen molar-refractivity contribution in [1.82, 2.24) is 9.13 Å². The Morgan fingerprint density at radius 1 is 0.360 bits per heavy atom. The Morgan fingerprint density at radius 3 is 1.72 bits per heavy atom. The van der Waals surface area contributed by atoms with E-state index in [1.807, 2.05) is 66.7 Å². The maximum Gasteiger partial charge on any atom is 0.0992 e. The molecule has 9 rings (SSSR count). The lowest BCUT2D eigenvalue weighted by atomic mass is 9.91. The molecule has 0 atom stereocenters. The van der Waals surface area contributed by atoms with Gasteiger partial charge in [-0.05, 0) is 89.5 Å². The number of para-hydroxylation sites is 3. The first kappa shape index (κ1) is 28.8. The van der Waals surface area contributed by atoms with E-state index in [-0.39, 0.29) is 0 Å². The summed E-state index contributed by atoms with van der Waals surface area (Å²) in [6, 6.07) is 57.9. The molecule has 0 aliphatic rings. The number of rotatable bonds is 4. The van der Waals surface area contributed by atoms with Gasteiger partial charge in [-0.3, -0.25) is 0 Å². The fourth-order valence-electron chi connectivity index (χ4n) is 7.42. The molecule has 9 aromatic rings. The number of nitrogens with zero attached hydrogens (tertiary/aromatic N) is 5. The molecule has 2 aromatic heterocycles. The Labute approximate surface area is 287 Å². The van der Waals surface area contributed by atoms with Crippen LogP contribution in [0.4, 0.5) is 0 Å². The van der Waals surface area contributed by atoms with Crippen molar-refractivity contribution in [1.29, 1.82) is 15.8 Å². The average Bonchev–Trinajstić information content (AvgIpc) is 3.69. The van der Waals surface area contributed by atoms with E-state index >= 15 is 0 Å². The number of nitriles is 3. The summed E-state index contributed by atoms with van der Waals surface area (Å²) in [5, 5.41) is 33.9. The van der Waals surface area contributed by atoms with Gasteiger partial charge >= 0.3 is 0 Å². The van der Waals surface area contributed by atoms with Crippen molar-refractivity contribution in [3.05, 3.63) is 168 Å². The number of hydrogen-bond acceptors (Lipinski definition) is 3. The molecule has 0 radical (unpaired) electrons. The van der Waals surface area contributed by atoms with Crippen LogP contribution in [0, 0.1) is 34.0 Å². The molecule has 0 fully saturated rings. The normalized spacial score (nSPS) is 11.1. The van der Waals surface area contributed by atoms with Crippen LogP contribution in [0.2, 0.25) is 0 Å². The van der Waals surface area contributed by atoms with Crippen LogP contribution in [0.15, 0.2) is 152 Å². The monoisotopic (exact) mass is 635 g/mol. The third-order valence-corrected chi connectivity index (χ3v) is 9.60. The molecule has 0 spiro atoms. The largest absolute Gasteiger partial charge is 0.309 e. The highest BCUT2D eigenvalue weighted by Gasteiger charge is 2.20. The number of fused-ring (bicyclic) bond motifs is 6. The molecule has 0 aliphatic carbocycles. The molecule has 5 heteroatoms. The molecule has 5 nitrogen and oxygen atoms in total.